The van der Waals surface area contributed by atoms with Gasteiger partial charge in [0.2, 0.25) is 0 Å². The number of carbonyl (C=O) groups excluding carboxylic acids is 1. The predicted molar refractivity (Wildman–Crippen MR) is 87.6 cm³/mol. The van der Waals surface area contributed by atoms with Crippen LogP contribution >= 0.6 is 0 Å². The molecule has 2 aromatic rings. The monoisotopic (exact) mass is 313 g/mol. The molecule has 1 amide bonds. The highest BCUT2D eigenvalue weighted by Crippen LogP contribution is 2.18. The van der Waals surface area contributed by atoms with Gasteiger partial charge in [0.05, 0.1) is 11.3 Å². The van der Waals surface area contributed by atoms with Crippen molar-refractivity contribution in [1.82, 2.24) is 15.2 Å². The molecule has 0 saturated carbocycles. The quantitative estimate of drug-likeness (QED) is 0.947. The van der Waals surface area contributed by atoms with Gasteiger partial charge in [0.1, 0.15) is 5.82 Å². The Morgan fingerprint density at radius 3 is 2.70 bits per heavy atom. The second-order valence-electron chi connectivity index (χ2n) is 5.99. The van der Waals surface area contributed by atoms with Crippen LogP contribution in [-0.2, 0) is 0 Å². The van der Waals surface area contributed by atoms with Crippen molar-refractivity contribution in [2.45, 2.75) is 18.9 Å². The van der Waals surface area contributed by atoms with Crippen molar-refractivity contribution < 1.29 is 9.18 Å². The van der Waals surface area contributed by atoms with Gasteiger partial charge < -0.3 is 10.2 Å². The average molecular weight is 313 g/mol. The van der Waals surface area contributed by atoms with E-state index in [1.54, 1.807) is 30.5 Å². The number of benzene rings is 1. The van der Waals surface area contributed by atoms with E-state index >= 15 is 0 Å². The number of nitrogens with zero attached hydrogens (tertiary/aromatic N) is 2. The largest absolute Gasteiger partial charge is 0.349 e. The van der Waals surface area contributed by atoms with Crippen molar-refractivity contribution in [2.75, 3.05) is 20.1 Å². The maximum Gasteiger partial charge on any atom is 0.253 e. The number of piperidine rings is 1. The zero-order valence-electron chi connectivity index (χ0n) is 13.1. The lowest BCUT2D eigenvalue weighted by atomic mass is 10.0. The number of aromatic nitrogens is 1. The van der Waals surface area contributed by atoms with Crippen molar-refractivity contribution in [3.63, 3.8) is 0 Å². The second kappa shape index (κ2) is 6.87. The molecular weight excluding hydrogens is 293 g/mol. The van der Waals surface area contributed by atoms with E-state index in [2.05, 4.69) is 22.2 Å². The lowest BCUT2D eigenvalue weighted by Crippen LogP contribution is -2.43. The number of nitrogens with one attached hydrogen (secondary N) is 1. The van der Waals surface area contributed by atoms with Crippen molar-refractivity contribution in [1.29, 1.82) is 0 Å². The number of rotatable bonds is 3. The number of carbonyl (C=O) groups is 1. The van der Waals surface area contributed by atoms with Crippen LogP contribution in [0.1, 0.15) is 23.2 Å². The molecule has 1 saturated heterocycles. The van der Waals surface area contributed by atoms with Gasteiger partial charge in [0.25, 0.3) is 5.91 Å². The Balaban J connectivity index is 1.66. The number of hydrogen-bond donors (Lipinski definition) is 1. The number of halogens is 1. The summed E-state index contributed by atoms with van der Waals surface area (Å²) < 4.78 is 13.3. The van der Waals surface area contributed by atoms with E-state index in [1.807, 2.05) is 0 Å². The molecule has 0 aliphatic carbocycles. The molecule has 0 atom stereocenters. The first kappa shape index (κ1) is 15.6. The summed E-state index contributed by atoms with van der Waals surface area (Å²) in [6.07, 6.45) is 3.48. The van der Waals surface area contributed by atoms with Gasteiger partial charge in [0, 0.05) is 17.8 Å². The van der Waals surface area contributed by atoms with E-state index < -0.39 is 0 Å². The summed E-state index contributed by atoms with van der Waals surface area (Å²) >= 11 is 0. The normalized spacial score (nSPS) is 16.3. The van der Waals surface area contributed by atoms with Crippen molar-refractivity contribution >= 4 is 5.91 Å². The van der Waals surface area contributed by atoms with Gasteiger partial charge in [-0.2, -0.15) is 0 Å². The van der Waals surface area contributed by atoms with Gasteiger partial charge in [0.15, 0.2) is 0 Å². The van der Waals surface area contributed by atoms with Crippen LogP contribution in [0.25, 0.3) is 11.3 Å². The van der Waals surface area contributed by atoms with E-state index in [1.165, 1.54) is 12.1 Å². The molecule has 0 radical (unpaired) electrons. The molecular formula is C18H20FN3O. The summed E-state index contributed by atoms with van der Waals surface area (Å²) in [5.41, 5.74) is 1.89. The van der Waals surface area contributed by atoms with E-state index in [0.29, 0.717) is 16.8 Å². The fourth-order valence-corrected chi connectivity index (χ4v) is 2.77. The molecule has 5 heteroatoms. The van der Waals surface area contributed by atoms with E-state index in [-0.39, 0.29) is 17.8 Å². The van der Waals surface area contributed by atoms with Crippen LogP contribution in [0.4, 0.5) is 4.39 Å². The standard InChI is InChI=1S/C18H20FN3O/c1-22-9-7-16(8-10-22)21-18(23)14-5-6-17(20-12-14)13-3-2-4-15(19)11-13/h2-6,11-12,16H,7-10H2,1H3,(H,21,23). The van der Waals surface area contributed by atoms with E-state index in [4.69, 9.17) is 0 Å². The molecule has 4 nitrogen and oxygen atoms in total. The molecule has 2 heterocycles. The Bertz CT molecular complexity index is 679. The molecule has 120 valence electrons. The minimum absolute atomic E-state index is 0.0992. The molecule has 23 heavy (non-hydrogen) atoms. The van der Waals surface area contributed by atoms with Crippen LogP contribution in [0, 0.1) is 5.82 Å². The van der Waals surface area contributed by atoms with Gasteiger partial charge in [-0.15, -0.1) is 0 Å². The first-order chi connectivity index (χ1) is 11.1. The van der Waals surface area contributed by atoms with E-state index in [0.717, 1.165) is 25.9 Å². The van der Waals surface area contributed by atoms with Crippen LogP contribution in [0.5, 0.6) is 0 Å². The molecule has 1 aromatic heterocycles. The zero-order valence-corrected chi connectivity index (χ0v) is 13.1. The third-order valence-electron chi connectivity index (χ3n) is 4.20. The second-order valence-corrected chi connectivity index (χ2v) is 5.99. The molecule has 1 aliphatic rings. The lowest BCUT2D eigenvalue weighted by molar-refractivity contribution is 0.0916. The van der Waals surface area contributed by atoms with Crippen LogP contribution < -0.4 is 5.32 Å². The van der Waals surface area contributed by atoms with Crippen molar-refractivity contribution in [3.05, 3.63) is 54.0 Å². The summed E-state index contributed by atoms with van der Waals surface area (Å²) in [5.74, 6) is -0.397. The Kier molecular flexibility index (Phi) is 4.67. The topological polar surface area (TPSA) is 45.2 Å². The molecule has 0 bridgehead atoms. The summed E-state index contributed by atoms with van der Waals surface area (Å²) in [5, 5.41) is 3.06. The smallest absolute Gasteiger partial charge is 0.253 e. The summed E-state index contributed by atoms with van der Waals surface area (Å²) in [7, 11) is 2.09. The van der Waals surface area contributed by atoms with Crippen LogP contribution in [0.2, 0.25) is 0 Å². The van der Waals surface area contributed by atoms with Gasteiger partial charge in [-0.3, -0.25) is 9.78 Å². The zero-order chi connectivity index (χ0) is 16.2. The minimum Gasteiger partial charge on any atom is -0.349 e. The van der Waals surface area contributed by atoms with Crippen molar-refractivity contribution in [3.8, 4) is 11.3 Å². The Hall–Kier alpha value is -2.27. The summed E-state index contributed by atoms with van der Waals surface area (Å²) in [6.45, 7) is 2.00. The molecule has 0 unspecified atom stereocenters. The van der Waals surface area contributed by atoms with Crippen LogP contribution in [0.3, 0.4) is 0 Å². The number of pyridine rings is 1. The molecule has 3 rings (SSSR count). The lowest BCUT2D eigenvalue weighted by Gasteiger charge is -2.29. The van der Waals surface area contributed by atoms with Crippen molar-refractivity contribution in [2.24, 2.45) is 0 Å². The van der Waals surface area contributed by atoms with Gasteiger partial charge in [-0.05, 0) is 57.2 Å². The van der Waals surface area contributed by atoms with Gasteiger partial charge in [-0.1, -0.05) is 12.1 Å². The molecule has 1 aliphatic heterocycles. The number of amides is 1. The average Bonchev–Trinajstić information content (AvgIpc) is 2.57. The first-order valence-corrected chi connectivity index (χ1v) is 7.83. The number of hydrogen-bond acceptors (Lipinski definition) is 3. The van der Waals surface area contributed by atoms with Gasteiger partial charge in [-0.25, -0.2) is 4.39 Å². The van der Waals surface area contributed by atoms with Crippen LogP contribution in [-0.4, -0.2) is 42.0 Å². The fourth-order valence-electron chi connectivity index (χ4n) is 2.77. The summed E-state index contributed by atoms with van der Waals surface area (Å²) in [6, 6.07) is 9.97. The maximum atomic E-state index is 13.3. The molecule has 1 fully saturated rings. The highest BCUT2D eigenvalue weighted by Gasteiger charge is 2.19. The third kappa shape index (κ3) is 3.93. The predicted octanol–water partition coefficient (Wildman–Crippen LogP) is 2.71. The Morgan fingerprint density at radius 2 is 2.04 bits per heavy atom. The van der Waals surface area contributed by atoms with Crippen LogP contribution in [0.15, 0.2) is 42.6 Å². The Labute approximate surface area is 135 Å². The van der Waals surface area contributed by atoms with E-state index in [9.17, 15) is 9.18 Å². The SMILES string of the molecule is CN1CCC(NC(=O)c2ccc(-c3cccc(F)c3)nc2)CC1. The molecule has 1 aromatic carbocycles. The highest BCUT2D eigenvalue weighted by molar-refractivity contribution is 5.94. The van der Waals surface area contributed by atoms with Gasteiger partial charge >= 0.3 is 0 Å². The Morgan fingerprint density at radius 1 is 1.26 bits per heavy atom. The summed E-state index contributed by atoms with van der Waals surface area (Å²) in [4.78, 5) is 18.8. The highest BCUT2D eigenvalue weighted by atomic mass is 19.1. The molecule has 1 N–H and O–H groups in total. The minimum atomic E-state index is -0.298. The maximum absolute atomic E-state index is 13.3. The fraction of sp³-hybridized carbons (Fsp3) is 0.333. The third-order valence-corrected chi connectivity index (χ3v) is 4.20. The molecule has 0 spiro atoms. The first-order valence-electron chi connectivity index (χ1n) is 7.83. The number of likely N-dealkylation sites (tertiary alicyclic amines) is 1.